The molecule has 2 heterocycles. The van der Waals surface area contributed by atoms with Crippen LogP contribution in [0.3, 0.4) is 0 Å². The van der Waals surface area contributed by atoms with Crippen molar-refractivity contribution in [2.24, 2.45) is 7.05 Å². The number of hydrogen-bond acceptors (Lipinski definition) is 3. The molecule has 31 heavy (non-hydrogen) atoms. The number of nitrogens with one attached hydrogen (secondary N) is 1. The van der Waals surface area contributed by atoms with Gasteiger partial charge in [0.1, 0.15) is 11.6 Å². The predicted octanol–water partition coefficient (Wildman–Crippen LogP) is 6.15. The molecule has 0 fully saturated rings. The lowest BCUT2D eigenvalue weighted by Crippen LogP contribution is -2.14. The lowest BCUT2D eigenvalue weighted by molar-refractivity contribution is 0.466. The van der Waals surface area contributed by atoms with E-state index in [1.807, 2.05) is 42.5 Å². The van der Waals surface area contributed by atoms with Gasteiger partial charge < -0.3 is 15.0 Å². The zero-order valence-electron chi connectivity index (χ0n) is 17.2. The Labute approximate surface area is 181 Å². The number of hydrogen-bond donors (Lipinski definition) is 2. The van der Waals surface area contributed by atoms with E-state index in [0.29, 0.717) is 0 Å². The Balaban J connectivity index is 1.82. The first-order valence-electron chi connectivity index (χ1n) is 10.3. The Morgan fingerprint density at radius 3 is 2.29 bits per heavy atom. The number of anilines is 1. The summed E-state index contributed by atoms with van der Waals surface area (Å²) < 4.78 is 2.23. The molecule has 3 aromatic carbocycles. The summed E-state index contributed by atoms with van der Waals surface area (Å²) in [7, 11) is 2.09. The highest BCUT2D eigenvalue weighted by Gasteiger charge is 2.27. The number of aromatic hydroxyl groups is 1. The number of benzene rings is 3. The number of phenols is 1. The van der Waals surface area contributed by atoms with Crippen molar-refractivity contribution in [2.45, 2.75) is 6.04 Å². The van der Waals surface area contributed by atoms with Gasteiger partial charge in [0.25, 0.3) is 0 Å². The van der Waals surface area contributed by atoms with Crippen LogP contribution in [0.15, 0.2) is 103 Å². The number of pyridine rings is 1. The molecule has 0 bridgehead atoms. The zero-order chi connectivity index (χ0) is 21.2. The smallest absolute Gasteiger partial charge is 0.126 e. The molecule has 152 valence electrons. The fourth-order valence-corrected chi connectivity index (χ4v) is 4.29. The van der Waals surface area contributed by atoms with Crippen LogP contribution in [0, 0.1) is 0 Å². The van der Waals surface area contributed by atoms with Crippen LogP contribution in [0.1, 0.15) is 17.2 Å². The van der Waals surface area contributed by atoms with Gasteiger partial charge in [-0.25, -0.2) is 4.98 Å². The average Bonchev–Trinajstić information content (AvgIpc) is 3.12. The van der Waals surface area contributed by atoms with E-state index in [4.69, 9.17) is 0 Å². The van der Waals surface area contributed by atoms with Crippen LogP contribution in [-0.2, 0) is 7.05 Å². The highest BCUT2D eigenvalue weighted by Crippen LogP contribution is 2.42. The first-order chi connectivity index (χ1) is 15.2. The second kappa shape index (κ2) is 8.00. The van der Waals surface area contributed by atoms with Gasteiger partial charge in [-0.15, -0.1) is 0 Å². The third-order valence-electron chi connectivity index (χ3n) is 5.69. The number of nitrogens with zero attached hydrogens (tertiary/aromatic N) is 2. The standard InChI is InChI=1S/C27H23N3O/c1-30-22-15-7-5-13-20(22)25(27(30)19-11-3-2-4-12-19)26(21-14-6-8-16-23(21)31)29-24-17-9-10-18-28-24/h2-18,26,31H,1H3,(H,28,29). The molecule has 0 saturated carbocycles. The van der Waals surface area contributed by atoms with Crippen molar-refractivity contribution in [1.29, 1.82) is 0 Å². The summed E-state index contributed by atoms with van der Waals surface area (Å²) in [5, 5.41) is 15.5. The van der Waals surface area contributed by atoms with Crippen LogP contribution in [-0.4, -0.2) is 14.7 Å². The number of fused-ring (bicyclic) bond motifs is 1. The van der Waals surface area contributed by atoms with Crippen LogP contribution < -0.4 is 5.32 Å². The zero-order valence-corrected chi connectivity index (χ0v) is 17.2. The van der Waals surface area contributed by atoms with E-state index in [1.54, 1.807) is 12.3 Å². The Bertz CT molecular complexity index is 1330. The number of phenolic OH excluding ortho intramolecular Hbond substituents is 1. The number of aryl methyl sites for hydroxylation is 1. The van der Waals surface area contributed by atoms with E-state index in [1.165, 1.54) is 0 Å². The molecule has 0 aliphatic rings. The maximum Gasteiger partial charge on any atom is 0.126 e. The van der Waals surface area contributed by atoms with Gasteiger partial charge >= 0.3 is 0 Å². The van der Waals surface area contributed by atoms with Gasteiger partial charge in [-0.2, -0.15) is 0 Å². The third-order valence-corrected chi connectivity index (χ3v) is 5.69. The molecule has 0 aliphatic heterocycles. The highest BCUT2D eigenvalue weighted by atomic mass is 16.3. The van der Waals surface area contributed by atoms with Gasteiger partial charge in [0.05, 0.1) is 11.7 Å². The maximum absolute atomic E-state index is 10.8. The molecule has 2 aromatic heterocycles. The van der Waals surface area contributed by atoms with E-state index in [2.05, 4.69) is 70.4 Å². The van der Waals surface area contributed by atoms with Crippen LogP contribution in [0.5, 0.6) is 5.75 Å². The van der Waals surface area contributed by atoms with Crippen LogP contribution in [0.25, 0.3) is 22.2 Å². The van der Waals surface area contributed by atoms with Crippen molar-refractivity contribution in [3.63, 3.8) is 0 Å². The van der Waals surface area contributed by atoms with Gasteiger partial charge in [0, 0.05) is 35.3 Å². The first kappa shape index (κ1) is 18.9. The fraction of sp³-hybridized carbons (Fsp3) is 0.0741. The molecule has 0 radical (unpaired) electrons. The molecule has 0 saturated heterocycles. The normalized spacial score (nSPS) is 12.0. The van der Waals surface area contributed by atoms with Crippen LogP contribution in [0.2, 0.25) is 0 Å². The molecular weight excluding hydrogens is 382 g/mol. The molecule has 0 spiro atoms. The molecule has 5 rings (SSSR count). The van der Waals surface area contributed by atoms with Crippen molar-refractivity contribution < 1.29 is 5.11 Å². The van der Waals surface area contributed by atoms with Gasteiger partial charge in [-0.3, -0.25) is 0 Å². The van der Waals surface area contributed by atoms with Crippen LogP contribution >= 0.6 is 0 Å². The number of para-hydroxylation sites is 2. The summed E-state index contributed by atoms with van der Waals surface area (Å²) in [5.74, 6) is 1.01. The molecule has 0 amide bonds. The molecular formula is C27H23N3O. The second-order valence-electron chi connectivity index (χ2n) is 7.56. The molecule has 4 heteroatoms. The quantitative estimate of drug-likeness (QED) is 0.369. The Kier molecular flexibility index (Phi) is 4.89. The second-order valence-corrected chi connectivity index (χ2v) is 7.56. The first-order valence-corrected chi connectivity index (χ1v) is 10.3. The fourth-order valence-electron chi connectivity index (χ4n) is 4.29. The van der Waals surface area contributed by atoms with Gasteiger partial charge in [0.2, 0.25) is 0 Å². The van der Waals surface area contributed by atoms with Crippen molar-refractivity contribution in [3.05, 3.63) is 114 Å². The summed E-state index contributed by atoms with van der Waals surface area (Å²) in [6, 6.07) is 31.8. The van der Waals surface area contributed by atoms with E-state index in [0.717, 1.165) is 39.1 Å². The summed E-state index contributed by atoms with van der Waals surface area (Å²) in [6.07, 6.45) is 1.77. The minimum atomic E-state index is -0.294. The Hall–Kier alpha value is -4.05. The lowest BCUT2D eigenvalue weighted by atomic mass is 9.92. The molecule has 2 N–H and O–H groups in total. The SMILES string of the molecule is Cn1c(-c2ccccc2)c(C(Nc2ccccn2)c2ccccc2O)c2ccccc21. The minimum absolute atomic E-state index is 0.253. The summed E-state index contributed by atoms with van der Waals surface area (Å²) >= 11 is 0. The molecule has 1 unspecified atom stereocenters. The highest BCUT2D eigenvalue weighted by molar-refractivity contribution is 5.93. The molecule has 0 aliphatic carbocycles. The largest absolute Gasteiger partial charge is 0.508 e. The predicted molar refractivity (Wildman–Crippen MR) is 126 cm³/mol. The van der Waals surface area contributed by atoms with Crippen LogP contribution in [0.4, 0.5) is 5.82 Å². The summed E-state index contributed by atoms with van der Waals surface area (Å²) in [5.41, 5.74) is 5.29. The van der Waals surface area contributed by atoms with E-state index in [9.17, 15) is 5.11 Å². The molecule has 1 atom stereocenters. The van der Waals surface area contributed by atoms with Crippen molar-refractivity contribution >= 4 is 16.7 Å². The molecule has 4 nitrogen and oxygen atoms in total. The lowest BCUT2D eigenvalue weighted by Gasteiger charge is -2.23. The monoisotopic (exact) mass is 405 g/mol. The van der Waals surface area contributed by atoms with E-state index in [-0.39, 0.29) is 11.8 Å². The van der Waals surface area contributed by atoms with Gasteiger partial charge in [-0.1, -0.05) is 72.8 Å². The number of aromatic nitrogens is 2. The Morgan fingerprint density at radius 1 is 0.806 bits per heavy atom. The van der Waals surface area contributed by atoms with Gasteiger partial charge in [-0.05, 0) is 29.8 Å². The topological polar surface area (TPSA) is 50.1 Å². The average molecular weight is 406 g/mol. The molecule has 5 aromatic rings. The van der Waals surface area contributed by atoms with Crippen molar-refractivity contribution in [3.8, 4) is 17.0 Å². The van der Waals surface area contributed by atoms with Gasteiger partial charge in [0.15, 0.2) is 0 Å². The summed E-state index contributed by atoms with van der Waals surface area (Å²) in [4.78, 5) is 4.49. The van der Waals surface area contributed by atoms with Crippen molar-refractivity contribution in [2.75, 3.05) is 5.32 Å². The third kappa shape index (κ3) is 3.42. The van der Waals surface area contributed by atoms with E-state index >= 15 is 0 Å². The maximum atomic E-state index is 10.8. The minimum Gasteiger partial charge on any atom is -0.508 e. The number of rotatable bonds is 5. The Morgan fingerprint density at radius 2 is 1.52 bits per heavy atom. The van der Waals surface area contributed by atoms with E-state index < -0.39 is 0 Å². The summed E-state index contributed by atoms with van der Waals surface area (Å²) in [6.45, 7) is 0. The van der Waals surface area contributed by atoms with Crippen molar-refractivity contribution in [1.82, 2.24) is 9.55 Å².